The van der Waals surface area contributed by atoms with Gasteiger partial charge in [-0.2, -0.15) is 0 Å². The van der Waals surface area contributed by atoms with Gasteiger partial charge in [-0.05, 0) is 30.3 Å². The third-order valence-electron chi connectivity index (χ3n) is 3.49. The van der Waals surface area contributed by atoms with Gasteiger partial charge in [-0.1, -0.05) is 35.6 Å². The molecule has 0 spiro atoms. The first-order chi connectivity index (χ1) is 12.4. The molecule has 6 nitrogen and oxygen atoms in total. The zero-order valence-electron chi connectivity index (χ0n) is 13.4. The van der Waals surface area contributed by atoms with E-state index in [4.69, 9.17) is 38.1 Å². The highest BCUT2D eigenvalue weighted by Crippen LogP contribution is 2.36. The number of thioether (sulfide) groups is 1. The highest BCUT2D eigenvalue weighted by atomic mass is 35.5. The number of thiocarbonyl (C=S) groups is 1. The third-order valence-corrected chi connectivity index (χ3v) is 5.11. The molecule has 1 saturated heterocycles. The molecule has 0 atom stereocenters. The van der Waals surface area contributed by atoms with Crippen molar-refractivity contribution in [3.63, 3.8) is 0 Å². The van der Waals surface area contributed by atoms with Crippen LogP contribution in [0.5, 0.6) is 5.75 Å². The second-order valence-corrected chi connectivity index (χ2v) is 7.32. The Kier molecular flexibility index (Phi) is 5.36. The Balaban J connectivity index is 1.88. The highest BCUT2D eigenvalue weighted by Gasteiger charge is 2.33. The van der Waals surface area contributed by atoms with Gasteiger partial charge >= 0.3 is 5.97 Å². The standard InChI is InChI=1S/C17H12ClNO5S2/c1-23-12-4-2-9(18)6-11(12)13-5-3-10(24-13)7-14-16(22)19(8-15(20)21)17(25)26-14/h2-7H,8H2,1H3,(H,20,21)/b14-7+. The Morgan fingerprint density at radius 1 is 1.42 bits per heavy atom. The van der Waals surface area contributed by atoms with Crippen molar-refractivity contribution in [2.75, 3.05) is 13.7 Å². The van der Waals surface area contributed by atoms with Crippen LogP contribution in [0.3, 0.4) is 0 Å². The van der Waals surface area contributed by atoms with Gasteiger partial charge in [0.1, 0.15) is 28.1 Å². The largest absolute Gasteiger partial charge is 0.496 e. The minimum atomic E-state index is -1.13. The number of carbonyl (C=O) groups is 2. The van der Waals surface area contributed by atoms with E-state index in [2.05, 4.69) is 0 Å². The van der Waals surface area contributed by atoms with Gasteiger partial charge < -0.3 is 14.3 Å². The Morgan fingerprint density at radius 2 is 2.19 bits per heavy atom. The molecular formula is C17H12ClNO5S2. The number of hydrogen-bond acceptors (Lipinski definition) is 6. The summed E-state index contributed by atoms with van der Waals surface area (Å²) < 4.78 is 11.3. The van der Waals surface area contributed by atoms with E-state index in [1.165, 1.54) is 6.08 Å². The number of ether oxygens (including phenoxy) is 1. The molecule has 2 heterocycles. The Hall–Kier alpha value is -2.29. The van der Waals surface area contributed by atoms with Crippen LogP contribution < -0.4 is 4.74 Å². The smallest absolute Gasteiger partial charge is 0.323 e. The molecule has 1 aliphatic heterocycles. The summed E-state index contributed by atoms with van der Waals surface area (Å²) in [6.07, 6.45) is 1.53. The molecule has 1 aromatic carbocycles. The normalized spacial score (nSPS) is 15.8. The summed E-state index contributed by atoms with van der Waals surface area (Å²) in [4.78, 5) is 24.5. The van der Waals surface area contributed by atoms with Crippen molar-refractivity contribution in [3.05, 3.63) is 46.0 Å². The van der Waals surface area contributed by atoms with E-state index in [9.17, 15) is 9.59 Å². The number of carbonyl (C=O) groups excluding carboxylic acids is 1. The molecule has 2 aromatic rings. The fourth-order valence-electron chi connectivity index (χ4n) is 2.35. The lowest BCUT2D eigenvalue weighted by Gasteiger charge is -2.09. The van der Waals surface area contributed by atoms with Crippen LogP contribution in [0.4, 0.5) is 0 Å². The first kappa shape index (κ1) is 18.5. The van der Waals surface area contributed by atoms with E-state index in [1.54, 1.807) is 37.4 Å². The second-order valence-electron chi connectivity index (χ2n) is 5.21. The number of halogens is 1. The van der Waals surface area contributed by atoms with E-state index in [1.807, 2.05) is 0 Å². The van der Waals surface area contributed by atoms with E-state index in [0.29, 0.717) is 32.8 Å². The molecule has 1 fully saturated rings. The number of nitrogens with zero attached hydrogens (tertiary/aromatic N) is 1. The molecular weight excluding hydrogens is 398 g/mol. The maximum atomic E-state index is 12.3. The molecule has 26 heavy (non-hydrogen) atoms. The van der Waals surface area contributed by atoms with Crippen molar-refractivity contribution in [3.8, 4) is 17.1 Å². The minimum Gasteiger partial charge on any atom is -0.496 e. The first-order valence-electron chi connectivity index (χ1n) is 7.30. The molecule has 134 valence electrons. The monoisotopic (exact) mass is 409 g/mol. The van der Waals surface area contributed by atoms with E-state index < -0.39 is 18.4 Å². The number of hydrogen-bond donors (Lipinski definition) is 1. The molecule has 0 aliphatic carbocycles. The van der Waals surface area contributed by atoms with Crippen LogP contribution in [0.2, 0.25) is 5.02 Å². The summed E-state index contributed by atoms with van der Waals surface area (Å²) in [5, 5.41) is 9.40. The summed E-state index contributed by atoms with van der Waals surface area (Å²) in [7, 11) is 1.55. The van der Waals surface area contributed by atoms with Crippen molar-refractivity contribution in [2.45, 2.75) is 0 Å². The predicted molar refractivity (Wildman–Crippen MR) is 103 cm³/mol. The fraction of sp³-hybridized carbons (Fsp3) is 0.118. The fourth-order valence-corrected chi connectivity index (χ4v) is 3.76. The zero-order valence-corrected chi connectivity index (χ0v) is 15.8. The summed E-state index contributed by atoms with van der Waals surface area (Å²) in [5.74, 6) is -0.0332. The van der Waals surface area contributed by atoms with Crippen molar-refractivity contribution in [1.29, 1.82) is 0 Å². The van der Waals surface area contributed by atoms with E-state index in [0.717, 1.165) is 16.7 Å². The number of aliphatic carboxylic acids is 1. The van der Waals surface area contributed by atoms with Crippen molar-refractivity contribution in [1.82, 2.24) is 4.90 Å². The maximum Gasteiger partial charge on any atom is 0.323 e. The van der Waals surface area contributed by atoms with Crippen LogP contribution in [-0.4, -0.2) is 39.9 Å². The third kappa shape index (κ3) is 3.77. The van der Waals surface area contributed by atoms with Crippen LogP contribution in [0.25, 0.3) is 17.4 Å². The van der Waals surface area contributed by atoms with E-state index in [-0.39, 0.29) is 4.32 Å². The van der Waals surface area contributed by atoms with Crippen LogP contribution in [0, 0.1) is 0 Å². The van der Waals surface area contributed by atoms with Gasteiger partial charge in [0.05, 0.1) is 17.6 Å². The summed E-state index contributed by atoms with van der Waals surface area (Å²) in [6, 6.07) is 8.59. The van der Waals surface area contributed by atoms with Crippen molar-refractivity contribution < 1.29 is 23.8 Å². The Bertz CT molecular complexity index is 937. The van der Waals surface area contributed by atoms with Gasteiger partial charge in [0.2, 0.25) is 0 Å². The Morgan fingerprint density at radius 3 is 2.88 bits per heavy atom. The van der Waals surface area contributed by atoms with Gasteiger partial charge in [0.15, 0.2) is 0 Å². The zero-order chi connectivity index (χ0) is 18.8. The molecule has 0 saturated carbocycles. The van der Waals surface area contributed by atoms with Gasteiger partial charge in [-0.25, -0.2) is 0 Å². The molecule has 3 rings (SSSR count). The maximum absolute atomic E-state index is 12.3. The molecule has 9 heteroatoms. The lowest BCUT2D eigenvalue weighted by molar-refractivity contribution is -0.140. The molecule has 0 unspecified atom stereocenters. The summed E-state index contributed by atoms with van der Waals surface area (Å²) >= 11 is 12.1. The number of carboxylic acid groups (broad SMARTS) is 1. The van der Waals surface area contributed by atoms with Crippen LogP contribution in [0.15, 0.2) is 39.7 Å². The number of methoxy groups -OCH3 is 1. The van der Waals surface area contributed by atoms with Crippen molar-refractivity contribution >= 4 is 57.9 Å². The number of benzene rings is 1. The molecule has 1 amide bonds. The molecule has 1 aromatic heterocycles. The summed E-state index contributed by atoms with van der Waals surface area (Å²) in [6.45, 7) is -0.467. The average Bonchev–Trinajstić information content (AvgIpc) is 3.15. The quantitative estimate of drug-likeness (QED) is 0.592. The van der Waals surface area contributed by atoms with Crippen LogP contribution in [-0.2, 0) is 9.59 Å². The van der Waals surface area contributed by atoms with Gasteiger partial charge in [0, 0.05) is 11.1 Å². The average molecular weight is 410 g/mol. The topological polar surface area (TPSA) is 80.0 Å². The Labute approximate surface area is 163 Å². The molecule has 1 N–H and O–H groups in total. The van der Waals surface area contributed by atoms with Crippen LogP contribution in [0.1, 0.15) is 5.76 Å². The SMILES string of the molecule is COc1ccc(Cl)cc1-c1ccc(/C=C2/SC(=S)N(CC(=O)O)C2=O)o1. The van der Waals surface area contributed by atoms with Gasteiger partial charge in [0.25, 0.3) is 5.91 Å². The number of carboxylic acids is 1. The molecule has 1 aliphatic rings. The second kappa shape index (κ2) is 7.53. The highest BCUT2D eigenvalue weighted by molar-refractivity contribution is 8.26. The van der Waals surface area contributed by atoms with E-state index >= 15 is 0 Å². The molecule has 0 radical (unpaired) electrons. The number of rotatable bonds is 5. The lowest BCUT2D eigenvalue weighted by atomic mass is 10.1. The summed E-state index contributed by atoms with van der Waals surface area (Å²) in [5.41, 5.74) is 0.679. The van der Waals surface area contributed by atoms with Gasteiger partial charge in [-0.15, -0.1) is 0 Å². The lowest BCUT2D eigenvalue weighted by Crippen LogP contribution is -2.33. The predicted octanol–water partition coefficient (Wildman–Crippen LogP) is 3.89. The van der Waals surface area contributed by atoms with Gasteiger partial charge in [-0.3, -0.25) is 14.5 Å². The van der Waals surface area contributed by atoms with Crippen molar-refractivity contribution in [2.24, 2.45) is 0 Å². The minimum absolute atomic E-state index is 0.201. The van der Waals surface area contributed by atoms with Crippen LogP contribution >= 0.6 is 35.6 Å². The number of furan rings is 1. The molecule has 0 bridgehead atoms. The number of amides is 1. The first-order valence-corrected chi connectivity index (χ1v) is 8.90.